The number of hydrogen-bond donors (Lipinski definition) is 0. The van der Waals surface area contributed by atoms with Crippen LogP contribution >= 0.6 is 0 Å². The molecule has 2 unspecified atom stereocenters. The largest absolute Gasteiger partial charge is 0.353 e. The van der Waals surface area contributed by atoms with E-state index in [1.807, 2.05) is 12.1 Å². The maximum Gasteiger partial charge on any atom is 0.180 e. The van der Waals surface area contributed by atoms with Crippen molar-refractivity contribution in [2.75, 3.05) is 26.4 Å². The fraction of sp³-hybridized carbons (Fsp3) is 0.778. The molecule has 0 amide bonds. The summed E-state index contributed by atoms with van der Waals surface area (Å²) < 4.78 is 44.7. The first-order valence-corrected chi connectivity index (χ1v) is 33.9. The molecule has 0 aliphatic heterocycles. The minimum Gasteiger partial charge on any atom is -0.353 e. The number of benzene rings is 2. The average Bonchev–Trinajstić information content (AvgIpc) is 3.47. The zero-order chi connectivity index (χ0) is 56.3. The van der Waals surface area contributed by atoms with Crippen molar-refractivity contribution < 1.29 is 33.2 Å². The molecule has 2 rings (SSSR count). The molecule has 0 aliphatic rings. The number of rotatable bonds is 62. The second kappa shape index (κ2) is 58.8. The molecule has 2 atom stereocenters. The van der Waals surface area contributed by atoms with Gasteiger partial charge in [-0.15, -0.1) is 0 Å². The Balaban J connectivity index is 1.78. The van der Waals surface area contributed by atoms with Crippen molar-refractivity contribution in [1.29, 1.82) is 0 Å². The van der Waals surface area contributed by atoms with E-state index in [4.69, 9.17) is 33.2 Å². The van der Waals surface area contributed by atoms with Gasteiger partial charge in [0, 0.05) is 26.4 Å². The number of ether oxygens (including phenoxy) is 7. The second-order valence-corrected chi connectivity index (χ2v) is 22.8. The summed E-state index contributed by atoms with van der Waals surface area (Å²) >= 11 is 0. The molecule has 0 aromatic heterocycles. The monoisotopic (exact) mass is 1100 g/mol. The Labute approximate surface area is 489 Å². The Morgan fingerprint density at radius 1 is 0.291 bits per heavy atom. The van der Waals surface area contributed by atoms with Crippen LogP contribution in [-0.2, 0) is 46.4 Å². The Morgan fingerprint density at radius 3 is 0.861 bits per heavy atom. The fourth-order valence-electron chi connectivity index (χ4n) is 10.1. The molecule has 7 heteroatoms. The van der Waals surface area contributed by atoms with Gasteiger partial charge in [-0.05, 0) is 100 Å². The molecule has 2 aromatic carbocycles. The summed E-state index contributed by atoms with van der Waals surface area (Å²) in [6.07, 6.45) is 60.0. The van der Waals surface area contributed by atoms with Gasteiger partial charge >= 0.3 is 0 Å². The van der Waals surface area contributed by atoms with E-state index < -0.39 is 12.6 Å². The lowest BCUT2D eigenvalue weighted by molar-refractivity contribution is -0.215. The predicted molar refractivity (Wildman–Crippen MR) is 337 cm³/mol. The fourth-order valence-corrected chi connectivity index (χ4v) is 10.1. The van der Waals surface area contributed by atoms with Gasteiger partial charge in [0.2, 0.25) is 0 Å². The third-order valence-electron chi connectivity index (χ3n) is 15.2. The van der Waals surface area contributed by atoms with Crippen LogP contribution in [0.3, 0.4) is 0 Å². The van der Waals surface area contributed by atoms with E-state index in [2.05, 4.69) is 101 Å². The second-order valence-electron chi connectivity index (χ2n) is 22.8. The lowest BCUT2D eigenvalue weighted by atomic mass is 10.1. The van der Waals surface area contributed by atoms with Gasteiger partial charge in [-0.1, -0.05) is 293 Å². The Morgan fingerprint density at radius 2 is 0.557 bits per heavy atom. The van der Waals surface area contributed by atoms with Crippen LogP contribution in [0.5, 0.6) is 0 Å². The Hall–Kier alpha value is -2.36. The van der Waals surface area contributed by atoms with Gasteiger partial charge in [0.25, 0.3) is 0 Å². The minimum absolute atomic E-state index is 0.0320. The van der Waals surface area contributed by atoms with Crippen LogP contribution < -0.4 is 0 Å². The molecule has 0 saturated heterocycles. The zero-order valence-corrected chi connectivity index (χ0v) is 52.2. The molecule has 0 fully saturated rings. The molecule has 2 aromatic rings. The third-order valence-corrected chi connectivity index (χ3v) is 15.2. The van der Waals surface area contributed by atoms with E-state index in [-0.39, 0.29) is 12.6 Å². The lowest BCUT2D eigenvalue weighted by Crippen LogP contribution is -2.24. The molecule has 0 spiro atoms. The van der Waals surface area contributed by atoms with Crippen LogP contribution in [0, 0.1) is 0 Å². The Bertz CT molecular complexity index is 1390. The van der Waals surface area contributed by atoms with Crippen LogP contribution in [0.25, 0.3) is 0 Å². The smallest absolute Gasteiger partial charge is 0.180 e. The maximum atomic E-state index is 6.62. The number of hydrogen-bond acceptors (Lipinski definition) is 7. The average molecular weight is 1100 g/mol. The van der Waals surface area contributed by atoms with Gasteiger partial charge in [-0.25, -0.2) is 0 Å². The van der Waals surface area contributed by atoms with Crippen LogP contribution in [0.2, 0.25) is 0 Å². The first-order valence-electron chi connectivity index (χ1n) is 33.9. The SMILES string of the molecule is CCCCCCCCOC(CCCCCCCCCC=CC(OCc1ccccc1)OC(C=CCCCCCCCCCC(OCCCCCCCC)OCCCCCCCC)OCc1ccccc1)OCCCCCCCC. The van der Waals surface area contributed by atoms with Crippen molar-refractivity contribution in [1.82, 2.24) is 0 Å². The van der Waals surface area contributed by atoms with Crippen molar-refractivity contribution in [3.05, 3.63) is 96.1 Å². The van der Waals surface area contributed by atoms with Gasteiger partial charge in [0.1, 0.15) is 0 Å². The topological polar surface area (TPSA) is 64.6 Å². The highest BCUT2D eigenvalue weighted by Crippen LogP contribution is 2.19. The van der Waals surface area contributed by atoms with Gasteiger partial charge in [0.15, 0.2) is 25.2 Å². The maximum absolute atomic E-state index is 6.62. The lowest BCUT2D eigenvalue weighted by Gasteiger charge is -2.22. The highest BCUT2D eigenvalue weighted by Gasteiger charge is 2.15. The Kier molecular flexibility index (Phi) is 54.2. The summed E-state index contributed by atoms with van der Waals surface area (Å²) in [6.45, 7) is 13.4. The summed E-state index contributed by atoms with van der Waals surface area (Å²) in [6, 6.07) is 20.8. The van der Waals surface area contributed by atoms with Gasteiger partial charge in [0.05, 0.1) is 13.2 Å². The van der Waals surface area contributed by atoms with Gasteiger partial charge in [-0.2, -0.15) is 0 Å². The van der Waals surface area contributed by atoms with Crippen molar-refractivity contribution in [3.63, 3.8) is 0 Å². The van der Waals surface area contributed by atoms with Gasteiger partial charge < -0.3 is 33.2 Å². The number of allylic oxidation sites excluding steroid dienone is 2. The van der Waals surface area contributed by atoms with Crippen LogP contribution in [0.1, 0.15) is 308 Å². The molecule has 0 N–H and O–H groups in total. The molecule has 0 saturated carbocycles. The van der Waals surface area contributed by atoms with Crippen LogP contribution in [0.4, 0.5) is 0 Å². The van der Waals surface area contributed by atoms with E-state index in [0.29, 0.717) is 13.2 Å². The standard InChI is InChI=1S/C72H126O7/c1-5-9-13-17-35-49-61-73-69(74-62-50-36-18-14-10-6-2)57-45-31-27-23-21-25-29-33-47-59-71(77-65-67-53-41-39-42-54-67)79-72(78-66-68-55-43-40-44-56-68)60-48-34-30-26-22-24-28-32-46-58-70(75-63-51-37-19-15-11-7-3)76-64-52-38-20-16-12-8-4/h39-44,47-48,53-56,59-60,69-72H,5-38,45-46,49-52,57-58,61-66H2,1-4H3. The summed E-state index contributed by atoms with van der Waals surface area (Å²) in [7, 11) is 0. The van der Waals surface area contributed by atoms with E-state index in [1.54, 1.807) is 0 Å². The minimum atomic E-state index is -0.520. The van der Waals surface area contributed by atoms with Crippen molar-refractivity contribution in [3.8, 4) is 0 Å². The van der Waals surface area contributed by atoms with Crippen molar-refractivity contribution in [2.45, 2.75) is 336 Å². The molecule has 0 bridgehead atoms. The van der Waals surface area contributed by atoms with E-state index >= 15 is 0 Å². The highest BCUT2D eigenvalue weighted by atomic mass is 16.8. The molecular weight excluding hydrogens is 977 g/mol. The molecule has 0 radical (unpaired) electrons. The zero-order valence-electron chi connectivity index (χ0n) is 52.2. The van der Waals surface area contributed by atoms with Crippen molar-refractivity contribution >= 4 is 0 Å². The quantitative estimate of drug-likeness (QED) is 0.0371. The van der Waals surface area contributed by atoms with E-state index in [0.717, 1.165) is 88.9 Å². The molecule has 7 nitrogen and oxygen atoms in total. The summed E-state index contributed by atoms with van der Waals surface area (Å²) in [4.78, 5) is 0. The molecule has 0 heterocycles. The summed E-state index contributed by atoms with van der Waals surface area (Å²) in [5.74, 6) is 0. The molecular formula is C72H126O7. The highest BCUT2D eigenvalue weighted by molar-refractivity contribution is 5.14. The summed E-state index contributed by atoms with van der Waals surface area (Å²) in [5, 5.41) is 0. The van der Waals surface area contributed by atoms with Crippen LogP contribution in [0.15, 0.2) is 85.0 Å². The third kappa shape index (κ3) is 48.8. The predicted octanol–water partition coefficient (Wildman–Crippen LogP) is 22.4. The molecule has 79 heavy (non-hydrogen) atoms. The van der Waals surface area contributed by atoms with Gasteiger partial charge in [-0.3, -0.25) is 0 Å². The first kappa shape index (κ1) is 72.7. The normalized spacial score (nSPS) is 12.8. The van der Waals surface area contributed by atoms with Crippen molar-refractivity contribution in [2.24, 2.45) is 0 Å². The summed E-state index contributed by atoms with van der Waals surface area (Å²) in [5.41, 5.74) is 2.26. The van der Waals surface area contributed by atoms with E-state index in [9.17, 15) is 0 Å². The van der Waals surface area contributed by atoms with Crippen LogP contribution in [-0.4, -0.2) is 51.6 Å². The molecule has 456 valence electrons. The molecule has 0 aliphatic carbocycles. The van der Waals surface area contributed by atoms with E-state index in [1.165, 1.54) is 218 Å². The number of unbranched alkanes of at least 4 members (excludes halogenated alkanes) is 34. The first-order chi connectivity index (χ1) is 39.2.